The smallest absolute Gasteiger partial charge is 0.305 e. The van der Waals surface area contributed by atoms with Gasteiger partial charge in [0.2, 0.25) is 18.0 Å². The van der Waals surface area contributed by atoms with Crippen LogP contribution in [0.1, 0.15) is 66.8 Å². The number of piperidine rings is 1. The minimum absolute atomic E-state index is 0.0147. The van der Waals surface area contributed by atoms with E-state index in [1.54, 1.807) is 15.6 Å². The molecule has 0 unspecified atom stereocenters. The lowest BCUT2D eigenvalue weighted by atomic mass is 9.79. The molecular formula is C30H29F2N3O5S. The molecule has 3 aliphatic rings. The maximum absolute atomic E-state index is 15.4. The van der Waals surface area contributed by atoms with Gasteiger partial charge in [-0.05, 0) is 41.5 Å². The number of hydrogen-bond acceptors (Lipinski definition) is 7. The number of amides is 1. The number of benzene rings is 2. The Labute approximate surface area is 239 Å². The number of esters is 1. The highest BCUT2D eigenvalue weighted by molar-refractivity contribution is 7.98. The van der Waals surface area contributed by atoms with Gasteiger partial charge < -0.3 is 14.4 Å². The zero-order chi connectivity index (χ0) is 29.1. The first-order valence-corrected chi connectivity index (χ1v) is 14.4. The van der Waals surface area contributed by atoms with Gasteiger partial charge in [-0.25, -0.2) is 8.78 Å². The molecule has 214 valence electrons. The standard InChI is InChI=1S/C30H29F2N3O5S/c1-17(36)39-16-40-28-22(37)10-12-34-27(28)29(38)33-13-11-30(2,3)14-24(33)35(34)26-18-8-9-21(31)25(32)20(18)15-41-23-7-5-4-6-19(23)26/h4-10,12,24,26H,11,13-16H2,1-3H3/t24-,26+/m1/s1. The van der Waals surface area contributed by atoms with E-state index in [9.17, 15) is 18.8 Å². The molecule has 0 spiro atoms. The molecule has 4 heterocycles. The van der Waals surface area contributed by atoms with Crippen molar-refractivity contribution in [3.05, 3.63) is 92.9 Å². The molecule has 0 saturated carbocycles. The third-order valence-electron chi connectivity index (χ3n) is 8.02. The molecule has 1 saturated heterocycles. The summed E-state index contributed by atoms with van der Waals surface area (Å²) in [6.45, 7) is 5.38. The summed E-state index contributed by atoms with van der Waals surface area (Å²) in [5.41, 5.74) is 1.01. The fourth-order valence-corrected chi connectivity index (χ4v) is 7.10. The number of pyridine rings is 1. The van der Waals surface area contributed by atoms with Crippen LogP contribution in [0.15, 0.2) is 58.4 Å². The summed E-state index contributed by atoms with van der Waals surface area (Å²) < 4.78 is 42.0. The average Bonchev–Trinajstić information content (AvgIpc) is 3.09. The molecule has 2 atom stereocenters. The van der Waals surface area contributed by atoms with E-state index in [0.717, 1.165) is 22.9 Å². The van der Waals surface area contributed by atoms with Gasteiger partial charge in [-0.2, -0.15) is 0 Å². The maximum atomic E-state index is 15.4. The number of carbonyl (C=O) groups excluding carboxylic acids is 2. The van der Waals surface area contributed by atoms with E-state index in [1.807, 2.05) is 29.3 Å². The van der Waals surface area contributed by atoms with Crippen LogP contribution in [0, 0.1) is 17.0 Å². The molecule has 0 bridgehead atoms. The van der Waals surface area contributed by atoms with Crippen molar-refractivity contribution in [1.82, 2.24) is 9.58 Å². The minimum atomic E-state index is -0.923. The number of aromatic nitrogens is 1. The molecular weight excluding hydrogens is 552 g/mol. The van der Waals surface area contributed by atoms with E-state index in [0.29, 0.717) is 18.5 Å². The Bertz CT molecular complexity index is 1620. The van der Waals surface area contributed by atoms with Gasteiger partial charge in [0.25, 0.3) is 5.91 Å². The topological polar surface area (TPSA) is 81.1 Å². The Morgan fingerprint density at radius 2 is 1.88 bits per heavy atom. The van der Waals surface area contributed by atoms with Crippen LogP contribution in [-0.4, -0.2) is 41.0 Å². The maximum Gasteiger partial charge on any atom is 0.305 e. The van der Waals surface area contributed by atoms with Gasteiger partial charge in [-0.15, -0.1) is 11.8 Å². The lowest BCUT2D eigenvalue weighted by Gasteiger charge is -2.54. The van der Waals surface area contributed by atoms with Crippen molar-refractivity contribution in [2.75, 3.05) is 18.3 Å². The molecule has 1 aromatic heterocycles. The fraction of sp³-hybridized carbons (Fsp3) is 0.367. The molecule has 1 fully saturated rings. The summed E-state index contributed by atoms with van der Waals surface area (Å²) in [5, 5.41) is 1.98. The van der Waals surface area contributed by atoms with Crippen molar-refractivity contribution < 1.29 is 27.8 Å². The summed E-state index contributed by atoms with van der Waals surface area (Å²) in [6, 6.07) is 11.1. The number of rotatable bonds is 4. The minimum Gasteiger partial charge on any atom is -0.451 e. The van der Waals surface area contributed by atoms with Gasteiger partial charge in [0.1, 0.15) is 6.17 Å². The molecule has 3 aromatic rings. The third kappa shape index (κ3) is 4.65. The SMILES string of the molecule is CC(=O)OCOc1c2n(ccc1=O)N([C@@H]1c3ccccc3SCc3c1ccc(F)c3F)[C@@H]1CC(C)(C)CCN1C2=O. The Hall–Kier alpha value is -3.86. The molecule has 1 amide bonds. The highest BCUT2D eigenvalue weighted by Crippen LogP contribution is 2.47. The monoisotopic (exact) mass is 581 g/mol. The molecule has 2 aromatic carbocycles. The summed E-state index contributed by atoms with van der Waals surface area (Å²) in [4.78, 5) is 41.1. The van der Waals surface area contributed by atoms with E-state index >= 15 is 4.39 Å². The molecule has 41 heavy (non-hydrogen) atoms. The van der Waals surface area contributed by atoms with E-state index in [-0.39, 0.29) is 34.1 Å². The van der Waals surface area contributed by atoms with Gasteiger partial charge in [0.05, 0.1) is 6.04 Å². The number of carbonyl (C=O) groups is 2. The van der Waals surface area contributed by atoms with Crippen molar-refractivity contribution in [2.45, 2.75) is 56.5 Å². The number of nitrogens with zero attached hydrogens (tertiary/aromatic N) is 3. The first-order valence-electron chi connectivity index (χ1n) is 13.4. The Balaban J connectivity index is 1.62. The van der Waals surface area contributed by atoms with Gasteiger partial charge in [-0.3, -0.25) is 24.1 Å². The van der Waals surface area contributed by atoms with E-state index in [1.165, 1.54) is 30.9 Å². The molecule has 0 N–H and O–H groups in total. The zero-order valence-electron chi connectivity index (χ0n) is 22.9. The summed E-state index contributed by atoms with van der Waals surface area (Å²) >= 11 is 1.43. The number of thioether (sulfide) groups is 1. The van der Waals surface area contributed by atoms with Gasteiger partial charge >= 0.3 is 5.97 Å². The lowest BCUT2D eigenvalue weighted by Crippen LogP contribution is -2.65. The van der Waals surface area contributed by atoms with Crippen molar-refractivity contribution in [3.63, 3.8) is 0 Å². The van der Waals surface area contributed by atoms with Gasteiger partial charge in [0.15, 0.2) is 17.3 Å². The molecule has 8 nitrogen and oxygen atoms in total. The Kier molecular flexibility index (Phi) is 6.80. The molecule has 0 aliphatic carbocycles. The van der Waals surface area contributed by atoms with Crippen molar-refractivity contribution in [2.24, 2.45) is 5.41 Å². The predicted molar refractivity (Wildman–Crippen MR) is 148 cm³/mol. The van der Waals surface area contributed by atoms with Crippen LogP contribution in [0.5, 0.6) is 5.75 Å². The first-order chi connectivity index (χ1) is 19.6. The average molecular weight is 582 g/mol. The van der Waals surface area contributed by atoms with Crippen LogP contribution < -0.4 is 15.2 Å². The number of hydrogen-bond donors (Lipinski definition) is 0. The predicted octanol–water partition coefficient (Wildman–Crippen LogP) is 4.96. The molecule has 6 rings (SSSR count). The largest absolute Gasteiger partial charge is 0.451 e. The van der Waals surface area contributed by atoms with Crippen molar-refractivity contribution in [1.29, 1.82) is 0 Å². The lowest BCUT2D eigenvalue weighted by molar-refractivity contribution is -0.147. The summed E-state index contributed by atoms with van der Waals surface area (Å²) in [6.07, 6.45) is 2.38. The van der Waals surface area contributed by atoms with E-state index < -0.39 is 42.0 Å². The van der Waals surface area contributed by atoms with Gasteiger partial charge in [-0.1, -0.05) is 38.1 Å². The second-order valence-electron chi connectivity index (χ2n) is 11.2. The highest BCUT2D eigenvalue weighted by atomic mass is 32.2. The Morgan fingerprint density at radius 3 is 2.66 bits per heavy atom. The zero-order valence-corrected chi connectivity index (χ0v) is 23.7. The van der Waals surface area contributed by atoms with Crippen LogP contribution in [0.3, 0.4) is 0 Å². The first kappa shape index (κ1) is 27.3. The number of halogens is 2. The van der Waals surface area contributed by atoms with Crippen LogP contribution >= 0.6 is 11.8 Å². The van der Waals surface area contributed by atoms with Crippen molar-refractivity contribution in [3.8, 4) is 5.75 Å². The second-order valence-corrected chi connectivity index (χ2v) is 12.3. The van der Waals surface area contributed by atoms with Crippen LogP contribution in [-0.2, 0) is 15.3 Å². The molecule has 3 aliphatic heterocycles. The number of ether oxygens (including phenoxy) is 2. The fourth-order valence-electron chi connectivity index (χ4n) is 5.99. The quantitative estimate of drug-likeness (QED) is 0.318. The normalized spacial score (nSPS) is 20.8. The highest BCUT2D eigenvalue weighted by Gasteiger charge is 2.49. The Morgan fingerprint density at radius 1 is 1.10 bits per heavy atom. The van der Waals surface area contributed by atoms with Crippen LogP contribution in [0.25, 0.3) is 0 Å². The van der Waals surface area contributed by atoms with E-state index in [4.69, 9.17) is 9.47 Å². The van der Waals surface area contributed by atoms with Crippen LogP contribution in [0.4, 0.5) is 8.78 Å². The van der Waals surface area contributed by atoms with Gasteiger partial charge in [0, 0.05) is 41.9 Å². The second kappa shape index (κ2) is 10.2. The summed E-state index contributed by atoms with van der Waals surface area (Å²) in [5.74, 6) is -2.82. The summed E-state index contributed by atoms with van der Waals surface area (Å²) in [7, 11) is 0. The molecule has 0 radical (unpaired) electrons. The third-order valence-corrected chi connectivity index (χ3v) is 9.14. The van der Waals surface area contributed by atoms with Crippen LogP contribution in [0.2, 0.25) is 0 Å². The number of fused-ring (bicyclic) bond motifs is 4. The van der Waals surface area contributed by atoms with Crippen molar-refractivity contribution >= 4 is 23.6 Å². The van der Waals surface area contributed by atoms with E-state index in [2.05, 4.69) is 13.8 Å². The molecule has 11 heteroatoms.